The Labute approximate surface area is 207 Å². The van der Waals surface area contributed by atoms with Crippen LogP contribution in [-0.2, 0) is 31.4 Å². The summed E-state index contributed by atoms with van der Waals surface area (Å²) in [4.78, 5) is 19.3. The summed E-state index contributed by atoms with van der Waals surface area (Å²) in [5.74, 6) is -0.711. The number of para-hydroxylation sites is 2. The molecule has 4 aromatic rings. The van der Waals surface area contributed by atoms with Crippen molar-refractivity contribution in [1.29, 1.82) is 0 Å². The van der Waals surface area contributed by atoms with Gasteiger partial charge in [0.05, 0.1) is 27.7 Å². The molecule has 11 nitrogen and oxygen atoms in total. The molecular formula is C23H21N5O6S2. The van der Waals surface area contributed by atoms with E-state index in [1.807, 2.05) is 22.9 Å². The van der Waals surface area contributed by atoms with Gasteiger partial charge in [-0.2, -0.15) is 8.42 Å². The van der Waals surface area contributed by atoms with E-state index >= 15 is 0 Å². The topological polar surface area (TPSA) is 162 Å². The second-order valence-electron chi connectivity index (χ2n) is 8.19. The summed E-state index contributed by atoms with van der Waals surface area (Å²) < 4.78 is 55.8. The first-order chi connectivity index (χ1) is 17.1. The number of anilines is 1. The van der Waals surface area contributed by atoms with Crippen LogP contribution in [-0.4, -0.2) is 44.4 Å². The highest BCUT2D eigenvalue weighted by Gasteiger charge is 2.35. The monoisotopic (exact) mass is 527 g/mol. The summed E-state index contributed by atoms with van der Waals surface area (Å²) in [5.41, 5.74) is 1.83. The zero-order valence-corrected chi connectivity index (χ0v) is 20.3. The first-order valence-corrected chi connectivity index (χ1v) is 13.7. The number of nitrogens with one attached hydrogen (secondary N) is 3. The van der Waals surface area contributed by atoms with Gasteiger partial charge in [0.1, 0.15) is 18.1 Å². The standard InChI is InChI=1S/C23H21N5O6S2/c29-21-13-15(10-11-20(21)28-14-22(30)27-36(28,33)34)12-19(23-24-17-8-4-5-9-18(17)25-23)26-35(31,32)16-6-2-1-3-7-16/h1-11,13,19,26,29H,12,14H2,(H,24,25)(H,27,30)/t19-/m0/s1. The molecule has 2 heterocycles. The Morgan fingerprint density at radius 2 is 1.78 bits per heavy atom. The predicted molar refractivity (Wildman–Crippen MR) is 132 cm³/mol. The van der Waals surface area contributed by atoms with Crippen LogP contribution in [0.2, 0.25) is 0 Å². The number of H-pyrrole nitrogens is 1. The van der Waals surface area contributed by atoms with Gasteiger partial charge in [-0.3, -0.25) is 4.79 Å². The zero-order chi connectivity index (χ0) is 25.5. The number of phenols is 1. The molecular weight excluding hydrogens is 506 g/mol. The van der Waals surface area contributed by atoms with E-state index in [0.717, 1.165) is 9.82 Å². The van der Waals surface area contributed by atoms with E-state index in [1.54, 1.807) is 30.3 Å². The van der Waals surface area contributed by atoms with E-state index in [2.05, 4.69) is 14.7 Å². The van der Waals surface area contributed by atoms with Gasteiger partial charge < -0.3 is 10.1 Å². The largest absolute Gasteiger partial charge is 0.506 e. The number of nitrogens with zero attached hydrogens (tertiary/aromatic N) is 2. The Hall–Kier alpha value is -3.94. The second-order valence-corrected chi connectivity index (χ2v) is 11.5. The summed E-state index contributed by atoms with van der Waals surface area (Å²) >= 11 is 0. The highest BCUT2D eigenvalue weighted by molar-refractivity contribution is 7.92. The highest BCUT2D eigenvalue weighted by atomic mass is 32.2. The van der Waals surface area contributed by atoms with E-state index in [4.69, 9.17) is 0 Å². The van der Waals surface area contributed by atoms with Crippen LogP contribution in [0.3, 0.4) is 0 Å². The average molecular weight is 528 g/mol. The van der Waals surface area contributed by atoms with E-state index in [9.17, 15) is 26.7 Å². The van der Waals surface area contributed by atoms with Crippen LogP contribution in [0.5, 0.6) is 5.75 Å². The third-order valence-electron chi connectivity index (χ3n) is 5.66. The Kier molecular flexibility index (Phi) is 5.90. The lowest BCUT2D eigenvalue weighted by Gasteiger charge is -2.19. The fourth-order valence-electron chi connectivity index (χ4n) is 3.99. The van der Waals surface area contributed by atoms with Crippen molar-refractivity contribution in [3.05, 3.63) is 84.2 Å². The Bertz CT molecular complexity index is 1640. The summed E-state index contributed by atoms with van der Waals surface area (Å²) in [6.45, 7) is -0.451. The maximum Gasteiger partial charge on any atom is 0.326 e. The number of aromatic hydroxyl groups is 1. The molecule has 0 aliphatic carbocycles. The number of benzene rings is 3. The number of aromatic amines is 1. The molecule has 13 heteroatoms. The summed E-state index contributed by atoms with van der Waals surface area (Å²) in [7, 11) is -8.02. The number of phenolic OH excluding ortho intramolecular Hbond substituents is 1. The molecule has 0 spiro atoms. The molecule has 1 atom stereocenters. The zero-order valence-electron chi connectivity index (χ0n) is 18.6. The van der Waals surface area contributed by atoms with Crippen molar-refractivity contribution in [3.63, 3.8) is 0 Å². The van der Waals surface area contributed by atoms with Gasteiger partial charge in [0.25, 0.3) is 5.91 Å². The van der Waals surface area contributed by atoms with Crippen molar-refractivity contribution >= 4 is 42.9 Å². The van der Waals surface area contributed by atoms with Crippen LogP contribution < -0.4 is 13.7 Å². The second kappa shape index (κ2) is 8.93. The van der Waals surface area contributed by atoms with Crippen molar-refractivity contribution in [2.24, 2.45) is 0 Å². The third-order valence-corrected chi connectivity index (χ3v) is 8.54. The van der Waals surface area contributed by atoms with Crippen LogP contribution in [0.15, 0.2) is 77.7 Å². The summed E-state index contributed by atoms with van der Waals surface area (Å²) in [6, 6.07) is 18.6. The molecule has 1 fully saturated rings. The number of aromatic nitrogens is 2. The lowest BCUT2D eigenvalue weighted by Crippen LogP contribution is -2.31. The number of carbonyl (C=O) groups excluding carboxylic acids is 1. The van der Waals surface area contributed by atoms with E-state index in [-0.39, 0.29) is 22.8 Å². The predicted octanol–water partition coefficient (Wildman–Crippen LogP) is 1.71. The van der Waals surface area contributed by atoms with E-state index in [0.29, 0.717) is 16.9 Å². The summed E-state index contributed by atoms with van der Waals surface area (Å²) in [5, 5.41) is 10.6. The van der Waals surface area contributed by atoms with Crippen molar-refractivity contribution < 1.29 is 26.7 Å². The number of fused-ring (bicyclic) bond motifs is 1. The number of rotatable bonds is 7. The minimum absolute atomic E-state index is 0.0674. The molecule has 0 saturated carbocycles. The number of hydrogen-bond donors (Lipinski definition) is 4. The molecule has 5 rings (SSSR count). The Morgan fingerprint density at radius 3 is 2.44 bits per heavy atom. The van der Waals surface area contributed by atoms with Gasteiger partial charge in [0, 0.05) is 0 Å². The smallest absolute Gasteiger partial charge is 0.326 e. The molecule has 0 radical (unpaired) electrons. The molecule has 4 N–H and O–H groups in total. The highest BCUT2D eigenvalue weighted by Crippen LogP contribution is 2.33. The lowest BCUT2D eigenvalue weighted by molar-refractivity contribution is -0.117. The van der Waals surface area contributed by atoms with Crippen molar-refractivity contribution in [3.8, 4) is 5.75 Å². The molecule has 186 valence electrons. The molecule has 1 saturated heterocycles. The molecule has 1 aliphatic rings. The van der Waals surface area contributed by atoms with Crippen molar-refractivity contribution in [2.45, 2.75) is 17.4 Å². The van der Waals surface area contributed by atoms with Gasteiger partial charge in [-0.1, -0.05) is 36.4 Å². The van der Waals surface area contributed by atoms with Crippen LogP contribution >= 0.6 is 0 Å². The Balaban J connectivity index is 1.49. The van der Waals surface area contributed by atoms with Gasteiger partial charge in [0.15, 0.2) is 0 Å². The van der Waals surface area contributed by atoms with Crippen LogP contribution in [0, 0.1) is 0 Å². The van der Waals surface area contributed by atoms with Crippen LogP contribution in [0.25, 0.3) is 11.0 Å². The molecule has 1 aliphatic heterocycles. The van der Waals surface area contributed by atoms with E-state index < -0.39 is 38.7 Å². The first kappa shape index (κ1) is 23.8. The van der Waals surface area contributed by atoms with Gasteiger partial charge >= 0.3 is 10.2 Å². The number of hydrogen-bond acceptors (Lipinski definition) is 7. The summed E-state index contributed by atoms with van der Waals surface area (Å²) in [6.07, 6.45) is 0.0870. The third kappa shape index (κ3) is 4.63. The number of amides is 1. The molecule has 0 bridgehead atoms. The average Bonchev–Trinajstić information content (AvgIpc) is 3.38. The number of imidazole rings is 1. The number of carbonyl (C=O) groups is 1. The SMILES string of the molecule is O=C1CN(c2ccc(C[C@H](NS(=O)(=O)c3ccccc3)c3nc4ccccc4[nH]3)cc2O)S(=O)(=O)N1. The minimum atomic E-state index is -4.09. The molecule has 1 aromatic heterocycles. The maximum absolute atomic E-state index is 13.1. The van der Waals surface area contributed by atoms with Crippen LogP contribution in [0.4, 0.5) is 5.69 Å². The normalized spacial score (nSPS) is 16.2. The molecule has 36 heavy (non-hydrogen) atoms. The molecule has 0 unspecified atom stereocenters. The fourth-order valence-corrected chi connectivity index (χ4v) is 6.37. The first-order valence-electron chi connectivity index (χ1n) is 10.8. The van der Waals surface area contributed by atoms with Gasteiger partial charge in [0.2, 0.25) is 10.0 Å². The van der Waals surface area contributed by atoms with Gasteiger partial charge in [-0.05, 0) is 48.4 Å². The van der Waals surface area contributed by atoms with E-state index in [1.165, 1.54) is 24.3 Å². The van der Waals surface area contributed by atoms with Crippen molar-refractivity contribution in [2.75, 3.05) is 10.8 Å². The van der Waals surface area contributed by atoms with Crippen molar-refractivity contribution in [1.82, 2.24) is 19.4 Å². The van der Waals surface area contributed by atoms with Crippen LogP contribution in [0.1, 0.15) is 17.4 Å². The molecule has 3 aromatic carbocycles. The fraction of sp³-hybridized carbons (Fsp3) is 0.130. The quantitative estimate of drug-likeness (QED) is 0.284. The van der Waals surface area contributed by atoms with Gasteiger partial charge in [-0.15, -0.1) is 0 Å². The minimum Gasteiger partial charge on any atom is -0.506 e. The lowest BCUT2D eigenvalue weighted by atomic mass is 10.1. The molecule has 1 amide bonds. The Morgan fingerprint density at radius 1 is 1.06 bits per heavy atom. The number of sulfonamides is 1. The van der Waals surface area contributed by atoms with Gasteiger partial charge in [-0.25, -0.2) is 27.2 Å². The maximum atomic E-state index is 13.1.